The average molecular weight is 505 g/mol. The first kappa shape index (κ1) is 24.1. The van der Waals surface area contributed by atoms with Crippen LogP contribution in [0.3, 0.4) is 0 Å². The zero-order valence-electron chi connectivity index (χ0n) is 20.7. The van der Waals surface area contributed by atoms with Gasteiger partial charge >= 0.3 is 0 Å². The van der Waals surface area contributed by atoms with Crippen LogP contribution in [0, 0.1) is 27.7 Å². The molecule has 8 heteroatoms. The number of aromatic nitrogens is 1. The van der Waals surface area contributed by atoms with Gasteiger partial charge in [-0.1, -0.05) is 42.0 Å². The number of H-pyrrole nitrogens is 1. The van der Waals surface area contributed by atoms with Crippen LogP contribution in [0.25, 0.3) is 10.9 Å². The van der Waals surface area contributed by atoms with E-state index >= 15 is 0 Å². The van der Waals surface area contributed by atoms with Gasteiger partial charge in [-0.15, -0.1) is 0 Å². The monoisotopic (exact) mass is 504 g/mol. The van der Waals surface area contributed by atoms with Crippen molar-refractivity contribution in [3.63, 3.8) is 0 Å². The van der Waals surface area contributed by atoms with Gasteiger partial charge in [-0.3, -0.25) is 4.79 Å². The van der Waals surface area contributed by atoms with Gasteiger partial charge < -0.3 is 14.5 Å². The lowest BCUT2D eigenvalue weighted by atomic mass is 10.1. The zero-order chi connectivity index (χ0) is 25.6. The Morgan fingerprint density at radius 2 is 1.58 bits per heavy atom. The second-order valence-corrected chi connectivity index (χ2v) is 11.2. The molecular weight excluding hydrogens is 476 g/mol. The number of ether oxygens (including phenoxy) is 2. The maximum Gasteiger partial charge on any atom is 0.252 e. The molecule has 1 aliphatic heterocycles. The quantitative estimate of drug-likeness (QED) is 0.404. The van der Waals surface area contributed by atoms with E-state index in [0.29, 0.717) is 28.2 Å². The molecule has 0 unspecified atom stereocenters. The van der Waals surface area contributed by atoms with Crippen LogP contribution in [0.2, 0.25) is 0 Å². The van der Waals surface area contributed by atoms with Gasteiger partial charge in [0.2, 0.25) is 16.8 Å². The lowest BCUT2D eigenvalue weighted by molar-refractivity contribution is 0.174. The molecular formula is C28H28N2O5S. The van der Waals surface area contributed by atoms with Gasteiger partial charge in [-0.25, -0.2) is 8.42 Å². The summed E-state index contributed by atoms with van der Waals surface area (Å²) in [6, 6.07) is 16.6. The molecule has 0 aliphatic carbocycles. The number of fused-ring (bicyclic) bond motifs is 2. The van der Waals surface area contributed by atoms with Crippen LogP contribution in [0.5, 0.6) is 11.5 Å². The topological polar surface area (TPSA) is 88.7 Å². The van der Waals surface area contributed by atoms with Crippen molar-refractivity contribution in [1.82, 2.24) is 9.29 Å². The van der Waals surface area contributed by atoms with Crippen LogP contribution >= 0.6 is 0 Å². The third-order valence-corrected chi connectivity index (χ3v) is 8.61. The largest absolute Gasteiger partial charge is 0.454 e. The molecule has 4 aromatic rings. The molecule has 7 nitrogen and oxygen atoms in total. The highest BCUT2D eigenvalue weighted by Crippen LogP contribution is 2.34. The molecule has 186 valence electrons. The Balaban J connectivity index is 1.61. The maximum atomic E-state index is 14.1. The van der Waals surface area contributed by atoms with Gasteiger partial charge in [0.25, 0.3) is 5.56 Å². The molecule has 2 heterocycles. The fourth-order valence-corrected chi connectivity index (χ4v) is 6.73. The van der Waals surface area contributed by atoms with Crippen molar-refractivity contribution in [2.24, 2.45) is 0 Å². The minimum Gasteiger partial charge on any atom is -0.454 e. The highest BCUT2D eigenvalue weighted by atomic mass is 32.2. The Bertz CT molecular complexity index is 1630. The molecule has 0 saturated carbocycles. The summed E-state index contributed by atoms with van der Waals surface area (Å²) in [4.78, 5) is 16.3. The Hall–Kier alpha value is -3.62. The summed E-state index contributed by atoms with van der Waals surface area (Å²) in [5.74, 6) is 1.20. The second kappa shape index (κ2) is 9.11. The van der Waals surface area contributed by atoms with Crippen LogP contribution in [-0.2, 0) is 23.1 Å². The van der Waals surface area contributed by atoms with E-state index in [2.05, 4.69) is 4.98 Å². The number of nitrogens with zero attached hydrogens (tertiary/aromatic N) is 1. The van der Waals surface area contributed by atoms with Gasteiger partial charge in [0.1, 0.15) is 0 Å². The summed E-state index contributed by atoms with van der Waals surface area (Å²) in [7, 11) is -3.96. The molecule has 0 fully saturated rings. The number of pyridine rings is 1. The number of sulfonamides is 1. The van der Waals surface area contributed by atoms with Crippen molar-refractivity contribution in [3.8, 4) is 11.5 Å². The van der Waals surface area contributed by atoms with E-state index in [0.717, 1.165) is 27.6 Å². The lowest BCUT2D eigenvalue weighted by Gasteiger charge is -2.25. The summed E-state index contributed by atoms with van der Waals surface area (Å²) in [6.07, 6.45) is 0. The van der Waals surface area contributed by atoms with Gasteiger partial charge in [-0.05, 0) is 73.5 Å². The molecule has 0 spiro atoms. The van der Waals surface area contributed by atoms with Crippen LogP contribution in [0.1, 0.15) is 33.4 Å². The van der Waals surface area contributed by atoms with Crippen molar-refractivity contribution in [1.29, 1.82) is 0 Å². The number of para-hydroxylation sites is 1. The van der Waals surface area contributed by atoms with E-state index in [1.54, 1.807) is 32.0 Å². The Labute approximate surface area is 210 Å². The molecule has 5 rings (SSSR count). The van der Waals surface area contributed by atoms with Gasteiger partial charge in [-0.2, -0.15) is 4.31 Å². The average Bonchev–Trinajstić information content (AvgIpc) is 3.27. The maximum absolute atomic E-state index is 14.1. The highest BCUT2D eigenvalue weighted by molar-refractivity contribution is 7.89. The van der Waals surface area contributed by atoms with Crippen molar-refractivity contribution < 1.29 is 17.9 Å². The standard InChI is InChI=1S/C28H28N2O5S/c1-17-10-19(3)27(20(4)11-17)36(32,33)30(14-21-8-9-24-25(12-21)35-16-34-24)15-23-13-22-7-5-6-18(2)26(22)29-28(23)31/h5-13H,14-16H2,1-4H3,(H,29,31). The molecule has 3 aromatic carbocycles. The van der Waals surface area contributed by atoms with Crippen molar-refractivity contribution >= 4 is 20.9 Å². The van der Waals surface area contributed by atoms with Crippen molar-refractivity contribution in [2.45, 2.75) is 45.7 Å². The van der Waals surface area contributed by atoms with E-state index in [4.69, 9.17) is 9.47 Å². The number of nitrogens with one attached hydrogen (secondary N) is 1. The first-order valence-electron chi connectivity index (χ1n) is 11.7. The molecule has 1 N–H and O–H groups in total. The first-order chi connectivity index (χ1) is 17.1. The smallest absolute Gasteiger partial charge is 0.252 e. The first-order valence-corrected chi connectivity index (χ1v) is 13.2. The molecule has 1 aliphatic rings. The van der Waals surface area contributed by atoms with Crippen LogP contribution in [0.4, 0.5) is 0 Å². The number of aryl methyl sites for hydroxylation is 4. The van der Waals surface area contributed by atoms with Gasteiger partial charge in [0.15, 0.2) is 11.5 Å². The molecule has 1 aromatic heterocycles. The summed E-state index contributed by atoms with van der Waals surface area (Å²) < 4.78 is 40.5. The Morgan fingerprint density at radius 1 is 0.861 bits per heavy atom. The number of hydrogen-bond acceptors (Lipinski definition) is 5. The molecule has 0 atom stereocenters. The normalized spacial score (nSPS) is 13.0. The van der Waals surface area contributed by atoms with Gasteiger partial charge in [0, 0.05) is 18.7 Å². The number of rotatable bonds is 6. The Kier molecular flexibility index (Phi) is 6.10. The highest BCUT2D eigenvalue weighted by Gasteiger charge is 2.30. The van der Waals surface area contributed by atoms with E-state index < -0.39 is 10.0 Å². The summed E-state index contributed by atoms with van der Waals surface area (Å²) in [5.41, 5.74) is 4.84. The fraction of sp³-hybridized carbons (Fsp3) is 0.250. The fourth-order valence-electron chi connectivity index (χ4n) is 4.91. The molecule has 36 heavy (non-hydrogen) atoms. The second-order valence-electron chi connectivity index (χ2n) is 9.35. The molecule has 0 radical (unpaired) electrons. The van der Waals surface area contributed by atoms with Crippen LogP contribution in [0.15, 0.2) is 64.3 Å². The number of aromatic amines is 1. The van der Waals surface area contributed by atoms with E-state index in [9.17, 15) is 13.2 Å². The van der Waals surface area contributed by atoms with E-state index in [1.165, 1.54) is 4.31 Å². The van der Waals surface area contributed by atoms with Crippen LogP contribution < -0.4 is 15.0 Å². The van der Waals surface area contributed by atoms with Crippen LogP contribution in [-0.4, -0.2) is 24.5 Å². The third kappa shape index (κ3) is 4.38. The zero-order valence-corrected chi connectivity index (χ0v) is 21.5. The van der Waals surface area contributed by atoms with Crippen molar-refractivity contribution in [2.75, 3.05) is 6.79 Å². The molecule has 0 saturated heterocycles. The summed E-state index contributed by atoms with van der Waals surface area (Å²) in [5, 5.41) is 0.854. The van der Waals surface area contributed by atoms with Gasteiger partial charge in [0.05, 0.1) is 10.4 Å². The predicted octanol–water partition coefficient (Wildman–Crippen LogP) is 4.88. The summed E-state index contributed by atoms with van der Waals surface area (Å²) >= 11 is 0. The van der Waals surface area contributed by atoms with E-state index in [-0.39, 0.29) is 30.3 Å². The minimum atomic E-state index is -3.96. The van der Waals surface area contributed by atoms with E-state index in [1.807, 2.05) is 50.2 Å². The third-order valence-electron chi connectivity index (χ3n) is 6.51. The number of benzene rings is 3. The minimum absolute atomic E-state index is 0.0665. The predicted molar refractivity (Wildman–Crippen MR) is 139 cm³/mol. The Morgan fingerprint density at radius 3 is 2.33 bits per heavy atom. The SMILES string of the molecule is Cc1cc(C)c(S(=O)(=O)N(Cc2ccc3c(c2)OCO3)Cc2cc3cccc(C)c3[nH]c2=O)c(C)c1. The summed E-state index contributed by atoms with van der Waals surface area (Å²) in [6.45, 7) is 7.59. The lowest BCUT2D eigenvalue weighted by Crippen LogP contribution is -2.33. The number of hydrogen-bond donors (Lipinski definition) is 1. The molecule has 0 amide bonds. The van der Waals surface area contributed by atoms with Crippen molar-refractivity contribution in [3.05, 3.63) is 98.3 Å². The molecule has 0 bridgehead atoms.